The monoisotopic (exact) mass is 257 g/mol. The van der Waals surface area contributed by atoms with Gasteiger partial charge in [0.05, 0.1) is 18.8 Å². The number of rotatable bonds is 6. The molecule has 2 aliphatic rings. The first-order chi connectivity index (χ1) is 8.61. The molecule has 4 heteroatoms. The number of ether oxygens (including phenoxy) is 3. The number of hydrogen-bond donors (Lipinski definition) is 1. The summed E-state index contributed by atoms with van der Waals surface area (Å²) in [6.45, 7) is 7.02. The van der Waals surface area contributed by atoms with Gasteiger partial charge in [0.25, 0.3) is 0 Å². The van der Waals surface area contributed by atoms with E-state index in [0.29, 0.717) is 24.7 Å². The number of fused-ring (bicyclic) bond motifs is 1. The molecule has 4 atom stereocenters. The van der Waals surface area contributed by atoms with E-state index < -0.39 is 0 Å². The van der Waals surface area contributed by atoms with E-state index in [1.807, 2.05) is 0 Å². The predicted octanol–water partition coefficient (Wildman–Crippen LogP) is 1.44. The Morgan fingerprint density at radius 1 is 1.39 bits per heavy atom. The highest BCUT2D eigenvalue weighted by Crippen LogP contribution is 2.51. The maximum absolute atomic E-state index is 5.91. The molecule has 0 aromatic rings. The van der Waals surface area contributed by atoms with Crippen LogP contribution < -0.4 is 5.32 Å². The Bertz CT molecular complexity index is 270. The quantitative estimate of drug-likeness (QED) is 0.781. The fraction of sp³-hybridized carbons (Fsp3) is 1.00. The third kappa shape index (κ3) is 2.57. The largest absolute Gasteiger partial charge is 0.382 e. The molecule has 1 N–H and O–H groups in total. The summed E-state index contributed by atoms with van der Waals surface area (Å²) in [6, 6.07) is 0.539. The van der Waals surface area contributed by atoms with Crippen molar-refractivity contribution in [3.63, 3.8) is 0 Å². The van der Waals surface area contributed by atoms with Gasteiger partial charge in [-0.05, 0) is 12.8 Å². The van der Waals surface area contributed by atoms with E-state index in [4.69, 9.17) is 14.2 Å². The van der Waals surface area contributed by atoms with Gasteiger partial charge in [-0.15, -0.1) is 0 Å². The highest BCUT2D eigenvalue weighted by Gasteiger charge is 2.57. The molecule has 18 heavy (non-hydrogen) atoms. The smallest absolute Gasteiger partial charge is 0.0928 e. The van der Waals surface area contributed by atoms with E-state index in [1.54, 1.807) is 14.2 Å². The Kier molecular flexibility index (Phi) is 4.64. The molecular weight excluding hydrogens is 230 g/mol. The van der Waals surface area contributed by atoms with Crippen molar-refractivity contribution in [3.8, 4) is 0 Å². The molecule has 1 saturated heterocycles. The fourth-order valence-electron chi connectivity index (χ4n) is 3.59. The second-order valence-electron chi connectivity index (χ2n) is 6.12. The number of hydrogen-bond acceptors (Lipinski definition) is 4. The first-order valence-electron chi connectivity index (χ1n) is 6.98. The summed E-state index contributed by atoms with van der Waals surface area (Å²) >= 11 is 0. The van der Waals surface area contributed by atoms with Gasteiger partial charge in [-0.25, -0.2) is 0 Å². The van der Waals surface area contributed by atoms with Gasteiger partial charge >= 0.3 is 0 Å². The van der Waals surface area contributed by atoms with Crippen LogP contribution in [0.1, 0.15) is 26.7 Å². The van der Waals surface area contributed by atoms with Gasteiger partial charge < -0.3 is 19.5 Å². The van der Waals surface area contributed by atoms with Gasteiger partial charge in [0.15, 0.2) is 0 Å². The molecule has 0 amide bonds. The molecule has 0 bridgehead atoms. The Hall–Kier alpha value is -0.160. The zero-order valence-corrected chi connectivity index (χ0v) is 12.1. The van der Waals surface area contributed by atoms with Crippen LogP contribution in [0.4, 0.5) is 0 Å². The van der Waals surface area contributed by atoms with Crippen LogP contribution in [-0.2, 0) is 14.2 Å². The second kappa shape index (κ2) is 5.87. The van der Waals surface area contributed by atoms with Crippen LogP contribution in [0.3, 0.4) is 0 Å². The number of methoxy groups -OCH3 is 2. The van der Waals surface area contributed by atoms with E-state index in [0.717, 1.165) is 13.2 Å². The van der Waals surface area contributed by atoms with Gasteiger partial charge in [-0.1, -0.05) is 13.8 Å². The lowest BCUT2D eigenvalue weighted by molar-refractivity contribution is -0.193. The summed E-state index contributed by atoms with van der Waals surface area (Å²) in [4.78, 5) is 0. The lowest BCUT2D eigenvalue weighted by Crippen LogP contribution is -2.69. The Balaban J connectivity index is 1.85. The van der Waals surface area contributed by atoms with Gasteiger partial charge in [0.1, 0.15) is 0 Å². The van der Waals surface area contributed by atoms with E-state index in [9.17, 15) is 0 Å². The lowest BCUT2D eigenvalue weighted by atomic mass is 9.55. The van der Waals surface area contributed by atoms with Gasteiger partial charge in [-0.3, -0.25) is 0 Å². The second-order valence-corrected chi connectivity index (χ2v) is 6.12. The molecule has 0 aromatic carbocycles. The third-order valence-electron chi connectivity index (χ3n) is 4.58. The Morgan fingerprint density at radius 3 is 2.83 bits per heavy atom. The average Bonchev–Trinajstić information content (AvgIpc) is 2.37. The molecule has 0 spiro atoms. The van der Waals surface area contributed by atoms with Crippen LogP contribution in [0.25, 0.3) is 0 Å². The summed E-state index contributed by atoms with van der Waals surface area (Å²) < 4.78 is 16.4. The van der Waals surface area contributed by atoms with Crippen molar-refractivity contribution in [2.24, 2.45) is 11.3 Å². The number of nitrogens with one attached hydrogen (secondary N) is 1. The van der Waals surface area contributed by atoms with Crippen molar-refractivity contribution in [3.05, 3.63) is 0 Å². The minimum atomic E-state index is 0.134. The van der Waals surface area contributed by atoms with Crippen LogP contribution in [-0.4, -0.2) is 52.2 Å². The summed E-state index contributed by atoms with van der Waals surface area (Å²) in [5.41, 5.74) is 0.233. The molecule has 4 nitrogen and oxygen atoms in total. The van der Waals surface area contributed by atoms with Crippen molar-refractivity contribution in [2.45, 2.75) is 44.9 Å². The Labute approximate surface area is 110 Å². The lowest BCUT2D eigenvalue weighted by Gasteiger charge is -2.60. The van der Waals surface area contributed by atoms with Gasteiger partial charge in [0, 0.05) is 44.7 Å². The first-order valence-corrected chi connectivity index (χ1v) is 6.98. The highest BCUT2D eigenvalue weighted by atomic mass is 16.5. The van der Waals surface area contributed by atoms with Gasteiger partial charge in [0.2, 0.25) is 0 Å². The molecule has 1 aliphatic carbocycles. The molecule has 0 radical (unpaired) electrons. The van der Waals surface area contributed by atoms with E-state index >= 15 is 0 Å². The summed E-state index contributed by atoms with van der Waals surface area (Å²) in [5.74, 6) is 0.675. The minimum absolute atomic E-state index is 0.134. The van der Waals surface area contributed by atoms with Crippen molar-refractivity contribution >= 4 is 0 Å². The fourth-order valence-corrected chi connectivity index (χ4v) is 3.59. The molecule has 0 aromatic heterocycles. The van der Waals surface area contributed by atoms with E-state index in [1.165, 1.54) is 12.8 Å². The zero-order chi connectivity index (χ0) is 13.2. The molecular formula is C14H27NO3. The molecule has 1 heterocycles. The van der Waals surface area contributed by atoms with E-state index in [2.05, 4.69) is 19.2 Å². The molecule has 2 rings (SSSR count). The molecule has 1 saturated carbocycles. The van der Waals surface area contributed by atoms with Crippen molar-refractivity contribution < 1.29 is 14.2 Å². The Morgan fingerprint density at radius 2 is 2.17 bits per heavy atom. The minimum Gasteiger partial charge on any atom is -0.382 e. The molecule has 2 fully saturated rings. The predicted molar refractivity (Wildman–Crippen MR) is 70.7 cm³/mol. The third-order valence-corrected chi connectivity index (χ3v) is 4.58. The van der Waals surface area contributed by atoms with Crippen molar-refractivity contribution in [2.75, 3.05) is 34.0 Å². The van der Waals surface area contributed by atoms with Crippen LogP contribution in [0.15, 0.2) is 0 Å². The maximum atomic E-state index is 5.91. The van der Waals surface area contributed by atoms with Crippen LogP contribution >= 0.6 is 0 Å². The topological polar surface area (TPSA) is 39.7 Å². The average molecular weight is 257 g/mol. The first kappa shape index (κ1) is 14.3. The molecule has 1 aliphatic heterocycles. The normalized spacial score (nSPS) is 35.7. The van der Waals surface area contributed by atoms with Crippen LogP contribution in [0, 0.1) is 11.3 Å². The molecule has 4 unspecified atom stereocenters. The highest BCUT2D eigenvalue weighted by molar-refractivity contribution is 5.10. The zero-order valence-electron chi connectivity index (χ0n) is 12.1. The van der Waals surface area contributed by atoms with Crippen molar-refractivity contribution in [1.82, 2.24) is 5.32 Å². The van der Waals surface area contributed by atoms with E-state index in [-0.39, 0.29) is 11.5 Å². The van der Waals surface area contributed by atoms with Crippen LogP contribution in [0.2, 0.25) is 0 Å². The SMILES string of the molecule is COCC(CNC1C2CCCOC2C1(C)C)OC. The summed E-state index contributed by atoms with van der Waals surface area (Å²) in [5, 5.41) is 3.66. The van der Waals surface area contributed by atoms with Crippen molar-refractivity contribution in [1.29, 1.82) is 0 Å². The van der Waals surface area contributed by atoms with Gasteiger partial charge in [-0.2, -0.15) is 0 Å². The summed E-state index contributed by atoms with van der Waals surface area (Å²) in [6.07, 6.45) is 3.05. The van der Waals surface area contributed by atoms with Crippen LogP contribution in [0.5, 0.6) is 0 Å². The summed E-state index contributed by atoms with van der Waals surface area (Å²) in [7, 11) is 3.45. The maximum Gasteiger partial charge on any atom is 0.0928 e. The standard InChI is InChI=1S/C14H27NO3/c1-14(2)12(11-6-5-7-18-13(11)14)15-8-10(17-4)9-16-3/h10-13,15H,5-9H2,1-4H3. The molecule has 106 valence electrons.